The number of aliphatic imine (C=N–C) groups is 3. The maximum absolute atomic E-state index is 5.71. The van der Waals surface area contributed by atoms with Crippen molar-refractivity contribution >= 4 is 35.1 Å². The van der Waals surface area contributed by atoms with Crippen LogP contribution in [0.3, 0.4) is 0 Å². The second-order valence-electron chi connectivity index (χ2n) is 2.76. The summed E-state index contributed by atoms with van der Waals surface area (Å²) in [5, 5.41) is 2.84. The molecule has 62 valence electrons. The molecule has 0 spiro atoms. The van der Waals surface area contributed by atoms with Crippen LogP contribution in [0, 0.1) is 0 Å². The molecule has 3 N–H and O–H groups in total. The number of rotatable bonds is 0. The van der Waals surface area contributed by atoms with Gasteiger partial charge < -0.3 is 5.32 Å². The molecule has 12 heavy (non-hydrogen) atoms. The van der Waals surface area contributed by atoms with Crippen LogP contribution in [0.4, 0.5) is 0 Å². The van der Waals surface area contributed by atoms with E-state index < -0.39 is 5.79 Å². The van der Waals surface area contributed by atoms with Gasteiger partial charge in [0, 0.05) is 0 Å². The largest absolute Gasteiger partial charge is 0.338 e. The first-order valence-electron chi connectivity index (χ1n) is 3.40. The highest BCUT2D eigenvalue weighted by Gasteiger charge is 2.30. The zero-order valence-corrected chi connectivity index (χ0v) is 7.22. The summed E-state index contributed by atoms with van der Waals surface area (Å²) < 4.78 is 0. The molecule has 0 aromatic rings. The molecule has 0 bridgehead atoms. The van der Waals surface area contributed by atoms with Crippen molar-refractivity contribution in [1.82, 2.24) is 5.32 Å². The maximum Gasteiger partial charge on any atom is 0.182 e. The fraction of sp³-hybridized carbons (Fsp3) is 0.333. The van der Waals surface area contributed by atoms with Gasteiger partial charge in [-0.2, -0.15) is 0 Å². The van der Waals surface area contributed by atoms with Gasteiger partial charge in [-0.15, -0.1) is 0 Å². The Morgan fingerprint density at radius 2 is 2.42 bits per heavy atom. The summed E-state index contributed by atoms with van der Waals surface area (Å²) in [5.41, 5.74) is 6.31. The summed E-state index contributed by atoms with van der Waals surface area (Å²) in [6.07, 6.45) is 1.42. The van der Waals surface area contributed by atoms with Crippen molar-refractivity contribution in [2.45, 2.75) is 12.7 Å². The monoisotopic (exact) mass is 181 g/mol. The predicted molar refractivity (Wildman–Crippen MR) is 51.7 cm³/mol. The Hall–Kier alpha value is -1.14. The lowest BCUT2D eigenvalue weighted by molar-refractivity contribution is 0.460. The van der Waals surface area contributed by atoms with E-state index in [1.807, 2.05) is 0 Å². The Bertz CT molecular complexity index is 338. The van der Waals surface area contributed by atoms with Gasteiger partial charge in [0.05, 0.1) is 0 Å². The van der Waals surface area contributed by atoms with Gasteiger partial charge >= 0.3 is 0 Å². The number of nitrogens with two attached hydrogens (primary N) is 1. The third-order valence-corrected chi connectivity index (χ3v) is 1.79. The molecule has 1 atom stereocenters. The molecule has 1 unspecified atom stereocenters. The summed E-state index contributed by atoms with van der Waals surface area (Å²) in [6, 6.07) is 0. The second kappa shape index (κ2) is 2.18. The highest BCUT2D eigenvalue weighted by Crippen LogP contribution is 2.09. The zero-order valence-electron chi connectivity index (χ0n) is 6.40. The summed E-state index contributed by atoms with van der Waals surface area (Å²) in [7, 11) is 0. The average Bonchev–Trinajstić information content (AvgIpc) is 2.31. The van der Waals surface area contributed by atoms with Crippen molar-refractivity contribution in [1.29, 1.82) is 0 Å². The third kappa shape index (κ3) is 1.05. The van der Waals surface area contributed by atoms with Crippen LogP contribution >= 0.6 is 12.2 Å². The smallest absolute Gasteiger partial charge is 0.182 e. The van der Waals surface area contributed by atoms with Crippen LogP contribution in [0.15, 0.2) is 15.0 Å². The van der Waals surface area contributed by atoms with Crippen molar-refractivity contribution in [2.75, 3.05) is 0 Å². The van der Waals surface area contributed by atoms with E-state index in [-0.39, 0.29) is 0 Å². The average molecular weight is 181 g/mol. The number of hydrogen-bond acceptors (Lipinski definition) is 5. The summed E-state index contributed by atoms with van der Waals surface area (Å²) in [4.78, 5) is 12.5. The van der Waals surface area contributed by atoms with Gasteiger partial charge in [0.2, 0.25) is 0 Å². The van der Waals surface area contributed by atoms with E-state index in [0.29, 0.717) is 16.5 Å². The van der Waals surface area contributed by atoms with Crippen molar-refractivity contribution in [3.63, 3.8) is 0 Å². The topological polar surface area (TPSA) is 75.1 Å². The Kier molecular flexibility index (Phi) is 1.36. The molecule has 6 heteroatoms. The lowest BCUT2D eigenvalue weighted by Gasteiger charge is -2.27. The number of fused-ring (bicyclic) bond motifs is 1. The minimum atomic E-state index is -0.854. The molecule has 0 saturated carbocycles. The van der Waals surface area contributed by atoms with Crippen LogP contribution in [0.1, 0.15) is 6.92 Å². The maximum atomic E-state index is 5.71. The first-order chi connectivity index (χ1) is 5.58. The second-order valence-corrected chi connectivity index (χ2v) is 3.17. The van der Waals surface area contributed by atoms with E-state index in [1.54, 1.807) is 6.92 Å². The third-order valence-electron chi connectivity index (χ3n) is 1.50. The van der Waals surface area contributed by atoms with Gasteiger partial charge in [0.15, 0.2) is 11.6 Å². The Balaban J connectivity index is 2.49. The molecule has 2 heterocycles. The van der Waals surface area contributed by atoms with Crippen LogP contribution in [-0.2, 0) is 0 Å². The van der Waals surface area contributed by atoms with Crippen LogP contribution < -0.4 is 11.1 Å². The van der Waals surface area contributed by atoms with Crippen molar-refractivity contribution in [3.8, 4) is 0 Å². The lowest BCUT2D eigenvalue weighted by Crippen LogP contribution is -2.58. The number of thiocarbonyl (C=S) groups is 1. The van der Waals surface area contributed by atoms with Crippen LogP contribution in [0.5, 0.6) is 0 Å². The number of nitrogens with zero attached hydrogens (tertiary/aromatic N) is 3. The quantitative estimate of drug-likeness (QED) is 0.491. The fourth-order valence-corrected chi connectivity index (χ4v) is 1.39. The van der Waals surface area contributed by atoms with E-state index >= 15 is 0 Å². The molecule has 2 aliphatic rings. The van der Waals surface area contributed by atoms with Gasteiger partial charge in [0.1, 0.15) is 17.0 Å². The van der Waals surface area contributed by atoms with Crippen LogP contribution in [-0.4, -0.2) is 28.7 Å². The van der Waals surface area contributed by atoms with Crippen LogP contribution in [0.25, 0.3) is 0 Å². The first-order valence-corrected chi connectivity index (χ1v) is 3.81. The van der Waals surface area contributed by atoms with Gasteiger partial charge in [0.25, 0.3) is 0 Å². The molecule has 0 amide bonds. The number of hydrogen-bond donors (Lipinski definition) is 2. The molecule has 0 saturated heterocycles. The van der Waals surface area contributed by atoms with E-state index in [4.69, 9.17) is 18.0 Å². The van der Waals surface area contributed by atoms with Crippen molar-refractivity contribution < 1.29 is 0 Å². The molecular weight excluding hydrogens is 174 g/mol. The predicted octanol–water partition coefficient (Wildman–Crippen LogP) is -0.569. The number of amidine groups is 1. The standard InChI is InChI=1S/C6H7N5S/c1-6(7)10-4-3(5(12)11-6)8-2-9-4/h2H,7H2,1H3,(H,11,12). The molecule has 0 aliphatic carbocycles. The molecule has 0 aromatic carbocycles. The first kappa shape index (κ1) is 7.51. The Morgan fingerprint density at radius 3 is 3.17 bits per heavy atom. The minimum Gasteiger partial charge on any atom is -0.338 e. The molecular formula is C6H7N5S. The highest BCUT2D eigenvalue weighted by molar-refractivity contribution is 7.82. The highest BCUT2D eigenvalue weighted by atomic mass is 32.1. The SMILES string of the molecule is CC1(N)N=C2N=CN=C2C(=S)N1. The summed E-state index contributed by atoms with van der Waals surface area (Å²) in [6.45, 7) is 1.72. The van der Waals surface area contributed by atoms with Gasteiger partial charge in [-0.25, -0.2) is 15.0 Å². The Labute approximate surface area is 74.5 Å². The molecule has 2 aliphatic heterocycles. The molecule has 0 fully saturated rings. The van der Waals surface area contributed by atoms with E-state index in [2.05, 4.69) is 20.3 Å². The van der Waals surface area contributed by atoms with E-state index in [9.17, 15) is 0 Å². The molecule has 0 radical (unpaired) electrons. The Morgan fingerprint density at radius 1 is 1.67 bits per heavy atom. The minimum absolute atomic E-state index is 0.502. The summed E-state index contributed by atoms with van der Waals surface area (Å²) in [5.74, 6) is -0.337. The van der Waals surface area contributed by atoms with Crippen molar-refractivity contribution in [2.24, 2.45) is 20.7 Å². The molecule has 5 nitrogen and oxygen atoms in total. The van der Waals surface area contributed by atoms with Gasteiger partial charge in [-0.1, -0.05) is 12.2 Å². The zero-order chi connectivity index (χ0) is 8.77. The molecule has 2 rings (SSSR count). The van der Waals surface area contributed by atoms with E-state index in [0.717, 1.165) is 0 Å². The van der Waals surface area contributed by atoms with E-state index in [1.165, 1.54) is 6.34 Å². The van der Waals surface area contributed by atoms with Crippen molar-refractivity contribution in [3.05, 3.63) is 0 Å². The number of nitrogens with one attached hydrogen (secondary N) is 1. The fourth-order valence-electron chi connectivity index (χ4n) is 1.04. The van der Waals surface area contributed by atoms with Gasteiger partial charge in [-0.3, -0.25) is 5.73 Å². The normalized spacial score (nSPS) is 32.3. The lowest BCUT2D eigenvalue weighted by atomic mass is 10.2. The molecule has 0 aromatic heterocycles. The van der Waals surface area contributed by atoms with Crippen LogP contribution in [0.2, 0.25) is 0 Å². The summed E-state index contributed by atoms with van der Waals surface area (Å²) >= 11 is 5.01. The van der Waals surface area contributed by atoms with Gasteiger partial charge in [-0.05, 0) is 6.92 Å².